The van der Waals surface area contributed by atoms with Gasteiger partial charge in [-0.25, -0.2) is 23.5 Å². The number of urea groups is 1. The zero-order chi connectivity index (χ0) is 32.2. The summed E-state index contributed by atoms with van der Waals surface area (Å²) in [7, 11) is 0. The number of aromatic nitrogens is 5. The fourth-order valence-corrected chi connectivity index (χ4v) is 5.61. The summed E-state index contributed by atoms with van der Waals surface area (Å²) in [4.78, 5) is 28.9. The van der Waals surface area contributed by atoms with Crippen molar-refractivity contribution < 1.29 is 23.0 Å². The third-order valence-electron chi connectivity index (χ3n) is 7.87. The van der Waals surface area contributed by atoms with E-state index >= 15 is 8.78 Å². The molecule has 2 fully saturated rings. The van der Waals surface area contributed by atoms with Crippen LogP contribution in [0.3, 0.4) is 0 Å². The number of morpholine rings is 1. The highest BCUT2D eigenvalue weighted by molar-refractivity contribution is 5.95. The Morgan fingerprint density at radius 3 is 2.41 bits per heavy atom. The predicted molar refractivity (Wildman–Crippen MR) is 170 cm³/mol. The summed E-state index contributed by atoms with van der Waals surface area (Å²) in [6, 6.07) is 5.60. The van der Waals surface area contributed by atoms with Gasteiger partial charge in [-0.1, -0.05) is 0 Å². The van der Waals surface area contributed by atoms with Gasteiger partial charge in [-0.15, -0.1) is 0 Å². The lowest BCUT2D eigenvalue weighted by Crippen LogP contribution is -2.38. The van der Waals surface area contributed by atoms with Gasteiger partial charge >= 0.3 is 6.03 Å². The van der Waals surface area contributed by atoms with E-state index in [0.717, 1.165) is 29.8 Å². The lowest BCUT2D eigenvalue weighted by Gasteiger charge is -2.31. The van der Waals surface area contributed by atoms with Crippen molar-refractivity contribution in [3.8, 4) is 17.3 Å². The average molecular weight is 634 g/mol. The minimum absolute atomic E-state index is 0.110. The molecule has 0 radical (unpaired) electrons. The van der Waals surface area contributed by atoms with Crippen LogP contribution in [0.1, 0.15) is 49.4 Å². The van der Waals surface area contributed by atoms with Crippen LogP contribution in [0.2, 0.25) is 0 Å². The van der Waals surface area contributed by atoms with Gasteiger partial charge in [-0.05, 0) is 45.7 Å². The minimum Gasteiger partial charge on any atom is -0.494 e. The van der Waals surface area contributed by atoms with Crippen molar-refractivity contribution in [2.45, 2.75) is 46.1 Å². The van der Waals surface area contributed by atoms with Crippen LogP contribution < -0.4 is 25.6 Å². The highest BCUT2D eigenvalue weighted by Crippen LogP contribution is 2.44. The molecule has 0 atom stereocenters. The van der Waals surface area contributed by atoms with Gasteiger partial charge in [0.1, 0.15) is 28.8 Å². The Kier molecular flexibility index (Phi) is 9.24. The number of pyridine rings is 1. The molecular weight excluding hydrogens is 596 g/mol. The van der Waals surface area contributed by atoms with Gasteiger partial charge in [0.05, 0.1) is 26.4 Å². The molecule has 3 N–H and O–H groups in total. The number of hydrogen-bond acceptors (Lipinski definition) is 9. The molecule has 0 spiro atoms. The molecule has 46 heavy (non-hydrogen) atoms. The molecule has 1 aliphatic carbocycles. The van der Waals surface area contributed by atoms with E-state index in [1.54, 1.807) is 24.0 Å². The van der Waals surface area contributed by atoms with Crippen molar-refractivity contribution in [3.63, 3.8) is 0 Å². The normalized spacial score (nSPS) is 14.7. The van der Waals surface area contributed by atoms with E-state index in [1.165, 1.54) is 12.1 Å². The number of hydrogen-bond donors (Lipinski definition) is 3. The third kappa shape index (κ3) is 6.71. The molecule has 242 valence electrons. The number of benzene rings is 1. The molecule has 6 rings (SSSR count). The maximum Gasteiger partial charge on any atom is 0.320 e. The Morgan fingerprint density at radius 1 is 1.07 bits per heavy atom. The minimum atomic E-state index is -0.705. The van der Waals surface area contributed by atoms with E-state index in [9.17, 15) is 4.79 Å². The zero-order valence-electron chi connectivity index (χ0n) is 26.1. The van der Waals surface area contributed by atoms with Crippen LogP contribution in [0.15, 0.2) is 36.7 Å². The summed E-state index contributed by atoms with van der Waals surface area (Å²) < 4.78 is 42.9. The first-order valence-electron chi connectivity index (χ1n) is 15.5. The first-order valence-corrected chi connectivity index (χ1v) is 15.5. The Bertz CT molecular complexity index is 1680. The van der Waals surface area contributed by atoms with Gasteiger partial charge in [0, 0.05) is 72.6 Å². The molecule has 0 bridgehead atoms. The Labute approximate surface area is 265 Å². The number of anilines is 4. The van der Waals surface area contributed by atoms with Crippen LogP contribution in [-0.2, 0) is 11.3 Å². The number of halogens is 2. The smallest absolute Gasteiger partial charge is 0.320 e. The second-order valence-electron chi connectivity index (χ2n) is 11.1. The van der Waals surface area contributed by atoms with E-state index in [-0.39, 0.29) is 29.6 Å². The van der Waals surface area contributed by atoms with Crippen molar-refractivity contribution >= 4 is 29.0 Å². The highest BCUT2D eigenvalue weighted by Gasteiger charge is 2.33. The topological polar surface area (TPSA) is 131 Å². The van der Waals surface area contributed by atoms with Gasteiger partial charge in [0.2, 0.25) is 0 Å². The van der Waals surface area contributed by atoms with E-state index in [1.807, 2.05) is 26.0 Å². The SMILES string of the molecule is CCNC(=O)Nc1nc(-c2nn(Cc3c(F)cc(OCC)cc3F)c(C3CC3)c2C)nc(Nc2ccncc2)c1N1CCOCC1. The van der Waals surface area contributed by atoms with Crippen molar-refractivity contribution in [2.75, 3.05) is 55.0 Å². The number of nitrogens with one attached hydrogen (secondary N) is 3. The predicted octanol–water partition coefficient (Wildman–Crippen LogP) is 5.37. The standard InChI is InChI=1S/C32H37F2N9O3/c1-4-36-32(44)40-31-28(42-12-14-45-15-13-42)30(37-21-8-10-35-11-9-21)38-29(39-31)26-19(3)27(20-6-7-20)43(41-26)18-23-24(33)16-22(46-5-2)17-25(23)34/h8-11,16-17,20H,4-7,12-15,18H2,1-3H3,(H3,35,36,37,38,39,40,44). The Morgan fingerprint density at radius 2 is 1.76 bits per heavy atom. The molecule has 1 aromatic carbocycles. The van der Waals surface area contributed by atoms with Gasteiger partial charge in [0.25, 0.3) is 0 Å². The largest absolute Gasteiger partial charge is 0.494 e. The van der Waals surface area contributed by atoms with Crippen molar-refractivity contribution in [3.05, 3.63) is 65.1 Å². The van der Waals surface area contributed by atoms with Gasteiger partial charge in [-0.3, -0.25) is 15.0 Å². The maximum absolute atomic E-state index is 15.2. The molecule has 2 aliphatic rings. The quantitative estimate of drug-likeness (QED) is 0.200. The van der Waals surface area contributed by atoms with E-state index in [2.05, 4.69) is 25.8 Å². The monoisotopic (exact) mass is 633 g/mol. The number of nitrogens with zero attached hydrogens (tertiary/aromatic N) is 6. The molecule has 4 aromatic rings. The van der Waals surface area contributed by atoms with Gasteiger partial charge in [0.15, 0.2) is 17.5 Å². The Hall–Kier alpha value is -4.85. The van der Waals surface area contributed by atoms with E-state index in [0.29, 0.717) is 62.5 Å². The lowest BCUT2D eigenvalue weighted by atomic mass is 10.1. The number of carbonyl (C=O) groups excluding carboxylic acids is 1. The molecule has 14 heteroatoms. The molecule has 4 heterocycles. The van der Waals surface area contributed by atoms with Crippen LogP contribution in [0.4, 0.5) is 36.6 Å². The molecule has 12 nitrogen and oxygen atoms in total. The van der Waals surface area contributed by atoms with Gasteiger partial charge in [-0.2, -0.15) is 5.10 Å². The fourth-order valence-electron chi connectivity index (χ4n) is 5.61. The molecule has 1 saturated carbocycles. The molecule has 3 aromatic heterocycles. The van der Waals surface area contributed by atoms with Crippen LogP contribution in [0.25, 0.3) is 11.5 Å². The fraction of sp³-hybridized carbons (Fsp3) is 0.406. The highest BCUT2D eigenvalue weighted by atomic mass is 19.1. The van der Waals surface area contributed by atoms with E-state index in [4.69, 9.17) is 24.5 Å². The first kappa shape index (κ1) is 31.1. The van der Waals surface area contributed by atoms with Crippen LogP contribution in [0.5, 0.6) is 5.75 Å². The van der Waals surface area contributed by atoms with E-state index < -0.39 is 17.7 Å². The second-order valence-corrected chi connectivity index (χ2v) is 11.1. The maximum atomic E-state index is 15.2. The van der Waals surface area contributed by atoms with Crippen LogP contribution in [-0.4, -0.2) is 70.2 Å². The van der Waals surface area contributed by atoms with Crippen LogP contribution in [0, 0.1) is 18.6 Å². The summed E-state index contributed by atoms with van der Waals surface area (Å²) >= 11 is 0. The summed E-state index contributed by atoms with van der Waals surface area (Å²) in [5, 5.41) is 13.9. The summed E-state index contributed by atoms with van der Waals surface area (Å²) in [5.41, 5.74) is 3.38. The van der Waals surface area contributed by atoms with Gasteiger partial charge < -0.3 is 25.0 Å². The first-order chi connectivity index (χ1) is 22.4. The number of rotatable bonds is 11. The summed E-state index contributed by atoms with van der Waals surface area (Å²) in [6.45, 7) is 8.25. The third-order valence-corrected chi connectivity index (χ3v) is 7.87. The molecule has 2 amide bonds. The summed E-state index contributed by atoms with van der Waals surface area (Å²) in [5.74, 6) is -0.0748. The molecule has 1 aliphatic heterocycles. The lowest BCUT2D eigenvalue weighted by molar-refractivity contribution is 0.123. The number of carbonyl (C=O) groups is 1. The summed E-state index contributed by atoms with van der Waals surface area (Å²) in [6.07, 6.45) is 5.21. The zero-order valence-corrected chi connectivity index (χ0v) is 26.1. The van der Waals surface area contributed by atoms with Crippen molar-refractivity contribution in [2.24, 2.45) is 0 Å². The Balaban J connectivity index is 1.47. The van der Waals surface area contributed by atoms with Crippen molar-refractivity contribution in [1.29, 1.82) is 0 Å². The molecular formula is C32H37F2N9O3. The molecule has 1 saturated heterocycles. The second kappa shape index (κ2) is 13.6. The van der Waals surface area contributed by atoms with Crippen molar-refractivity contribution in [1.82, 2.24) is 30.0 Å². The van der Waals surface area contributed by atoms with Crippen LogP contribution >= 0.6 is 0 Å². The molecule has 0 unspecified atom stereocenters. The average Bonchev–Trinajstić information content (AvgIpc) is 3.82. The number of amides is 2. The number of ether oxygens (including phenoxy) is 2.